The van der Waals surface area contributed by atoms with E-state index in [0.29, 0.717) is 23.4 Å². The average molecular weight is 436 g/mol. The van der Waals surface area contributed by atoms with E-state index in [1.54, 1.807) is 6.07 Å². The fourth-order valence-electron chi connectivity index (χ4n) is 4.01. The van der Waals surface area contributed by atoms with Gasteiger partial charge in [0.2, 0.25) is 0 Å². The molecule has 4 rings (SSSR count). The Labute approximate surface area is 184 Å². The molecule has 0 fully saturated rings. The Balaban J connectivity index is 1.49. The van der Waals surface area contributed by atoms with E-state index in [-0.39, 0.29) is 6.42 Å². The molecule has 0 amide bonds. The monoisotopic (exact) mass is 435 g/mol. The molecule has 158 valence electrons. The third-order valence-electron chi connectivity index (χ3n) is 5.70. The van der Waals surface area contributed by atoms with E-state index in [4.69, 9.17) is 16.0 Å². The number of hydrogen-bond donors (Lipinski definition) is 1. The van der Waals surface area contributed by atoms with Crippen LogP contribution in [0.4, 0.5) is 0 Å². The molecule has 6 heteroatoms. The first kappa shape index (κ1) is 21.1. The topological polar surface area (TPSA) is 79.9 Å². The van der Waals surface area contributed by atoms with Crippen LogP contribution in [0.25, 0.3) is 21.9 Å². The number of carbonyl (C=O) groups is 1. The number of carboxylic acid groups (broad SMARTS) is 1. The van der Waals surface area contributed by atoms with Crippen LogP contribution >= 0.6 is 11.6 Å². The Morgan fingerprint density at radius 2 is 1.74 bits per heavy atom. The van der Waals surface area contributed by atoms with Gasteiger partial charge in [0.15, 0.2) is 0 Å². The summed E-state index contributed by atoms with van der Waals surface area (Å²) in [5, 5.41) is 15.5. The molecule has 2 atom stereocenters. The summed E-state index contributed by atoms with van der Waals surface area (Å²) in [6.07, 6.45) is 2.10. The summed E-state index contributed by atoms with van der Waals surface area (Å²) < 4.78 is 5.83. The summed E-state index contributed by atoms with van der Waals surface area (Å²) in [4.78, 5) is 23.5. The summed E-state index contributed by atoms with van der Waals surface area (Å²) in [7, 11) is 0. The zero-order valence-corrected chi connectivity index (χ0v) is 17.6. The van der Waals surface area contributed by atoms with Crippen molar-refractivity contribution in [1.82, 2.24) is 0 Å². The highest BCUT2D eigenvalue weighted by Gasteiger charge is 2.25. The van der Waals surface area contributed by atoms with Crippen molar-refractivity contribution in [3.63, 3.8) is 0 Å². The van der Waals surface area contributed by atoms with Crippen LogP contribution in [0.2, 0.25) is 5.02 Å². The van der Waals surface area contributed by atoms with E-state index < -0.39 is 17.9 Å². The highest BCUT2D eigenvalue weighted by molar-refractivity contribution is 6.30. The smallest absolute Gasteiger partial charge is 0.306 e. The Kier molecular flexibility index (Phi) is 6.33. The van der Waals surface area contributed by atoms with Gasteiger partial charge in [-0.2, -0.15) is 4.91 Å². The lowest BCUT2D eigenvalue weighted by Crippen LogP contribution is -2.17. The number of nitroso groups, excluding NO2 is 1. The van der Waals surface area contributed by atoms with Crippen molar-refractivity contribution in [2.45, 2.75) is 31.7 Å². The fourth-order valence-corrected chi connectivity index (χ4v) is 4.13. The molecular weight excluding hydrogens is 414 g/mol. The number of benzene rings is 3. The van der Waals surface area contributed by atoms with Crippen molar-refractivity contribution >= 4 is 39.5 Å². The third kappa shape index (κ3) is 4.78. The molecule has 5 nitrogen and oxygen atoms in total. The number of aryl methyl sites for hydroxylation is 1. The predicted molar refractivity (Wildman–Crippen MR) is 122 cm³/mol. The van der Waals surface area contributed by atoms with Gasteiger partial charge in [-0.15, -0.1) is 0 Å². The standard InChI is InChI=1S/C25H22ClNO4/c26-19-11-8-16(9-12-19)4-3-5-18(25(28)29)15-22(27-30)17-10-13-24-21(14-17)20-6-1-2-7-23(20)31-24/h1-2,6-14,18,22H,3-5,15H2,(H,28,29). The van der Waals surface area contributed by atoms with Gasteiger partial charge in [0.25, 0.3) is 0 Å². The zero-order valence-electron chi connectivity index (χ0n) is 16.8. The van der Waals surface area contributed by atoms with E-state index >= 15 is 0 Å². The average Bonchev–Trinajstić information content (AvgIpc) is 3.15. The van der Waals surface area contributed by atoms with Crippen LogP contribution in [0.5, 0.6) is 0 Å². The van der Waals surface area contributed by atoms with Gasteiger partial charge in [-0.05, 0) is 67.1 Å². The van der Waals surface area contributed by atoms with Gasteiger partial charge in [0.1, 0.15) is 17.2 Å². The molecule has 3 aromatic carbocycles. The quantitative estimate of drug-likeness (QED) is 0.283. The van der Waals surface area contributed by atoms with Gasteiger partial charge in [0, 0.05) is 15.8 Å². The van der Waals surface area contributed by atoms with E-state index in [0.717, 1.165) is 33.9 Å². The molecule has 4 aromatic rings. The van der Waals surface area contributed by atoms with Gasteiger partial charge in [-0.1, -0.05) is 53.2 Å². The van der Waals surface area contributed by atoms with Gasteiger partial charge in [-0.3, -0.25) is 4.79 Å². The van der Waals surface area contributed by atoms with Crippen molar-refractivity contribution in [2.24, 2.45) is 11.1 Å². The molecule has 1 aromatic heterocycles. The highest BCUT2D eigenvalue weighted by Crippen LogP contribution is 2.34. The molecular formula is C25H22ClNO4. The summed E-state index contributed by atoms with van der Waals surface area (Å²) in [6.45, 7) is 0. The summed E-state index contributed by atoms with van der Waals surface area (Å²) in [5.41, 5.74) is 3.32. The maximum atomic E-state index is 11.8. The molecule has 0 saturated carbocycles. The minimum Gasteiger partial charge on any atom is -0.481 e. The van der Waals surface area contributed by atoms with Crippen molar-refractivity contribution in [2.75, 3.05) is 0 Å². The van der Waals surface area contributed by atoms with E-state index in [1.165, 1.54) is 0 Å². The summed E-state index contributed by atoms with van der Waals surface area (Å²) >= 11 is 5.91. The number of para-hydroxylation sites is 1. The SMILES string of the molecule is O=NC(CC(CCCc1ccc(Cl)cc1)C(=O)O)c1ccc2oc3ccccc3c2c1. The first-order chi connectivity index (χ1) is 15.0. The Hall–Kier alpha value is -3.18. The number of aliphatic carboxylic acids is 1. The molecule has 0 aliphatic heterocycles. The second kappa shape index (κ2) is 9.31. The lowest BCUT2D eigenvalue weighted by atomic mass is 9.90. The molecule has 0 saturated heterocycles. The third-order valence-corrected chi connectivity index (χ3v) is 5.95. The normalized spacial score (nSPS) is 13.3. The van der Waals surface area contributed by atoms with Gasteiger partial charge >= 0.3 is 5.97 Å². The number of furan rings is 1. The molecule has 2 unspecified atom stereocenters. The van der Waals surface area contributed by atoms with E-state index in [1.807, 2.05) is 60.7 Å². The molecule has 31 heavy (non-hydrogen) atoms. The number of rotatable bonds is 9. The second-order valence-corrected chi connectivity index (χ2v) is 8.20. The predicted octanol–water partition coefficient (Wildman–Crippen LogP) is 7.16. The van der Waals surface area contributed by atoms with Crippen LogP contribution in [0.3, 0.4) is 0 Å². The van der Waals surface area contributed by atoms with Crippen molar-refractivity contribution < 1.29 is 14.3 Å². The zero-order chi connectivity index (χ0) is 21.8. The van der Waals surface area contributed by atoms with Crippen LogP contribution in [-0.4, -0.2) is 11.1 Å². The van der Waals surface area contributed by atoms with Crippen molar-refractivity contribution in [3.05, 3.63) is 87.8 Å². The van der Waals surface area contributed by atoms with E-state index in [9.17, 15) is 14.8 Å². The Morgan fingerprint density at radius 3 is 2.48 bits per heavy atom. The lowest BCUT2D eigenvalue weighted by Gasteiger charge is -2.16. The number of fused-ring (bicyclic) bond motifs is 3. The minimum atomic E-state index is -0.903. The maximum absolute atomic E-state index is 11.8. The van der Waals surface area contributed by atoms with Crippen LogP contribution in [0.1, 0.15) is 36.4 Å². The first-order valence-corrected chi connectivity index (χ1v) is 10.6. The maximum Gasteiger partial charge on any atom is 0.306 e. The Morgan fingerprint density at radius 1 is 1.00 bits per heavy atom. The van der Waals surface area contributed by atoms with Crippen molar-refractivity contribution in [1.29, 1.82) is 0 Å². The van der Waals surface area contributed by atoms with Crippen LogP contribution in [0, 0.1) is 10.8 Å². The second-order valence-electron chi connectivity index (χ2n) is 7.76. The van der Waals surface area contributed by atoms with Gasteiger partial charge in [0.05, 0.1) is 5.92 Å². The molecule has 0 aliphatic rings. The number of carboxylic acids is 1. The molecule has 0 spiro atoms. The lowest BCUT2D eigenvalue weighted by molar-refractivity contribution is -0.142. The van der Waals surface area contributed by atoms with E-state index in [2.05, 4.69) is 5.18 Å². The van der Waals surface area contributed by atoms with Gasteiger partial charge in [-0.25, -0.2) is 0 Å². The molecule has 0 bridgehead atoms. The van der Waals surface area contributed by atoms with Crippen LogP contribution in [0.15, 0.2) is 76.3 Å². The van der Waals surface area contributed by atoms with Crippen molar-refractivity contribution in [3.8, 4) is 0 Å². The summed E-state index contributed by atoms with van der Waals surface area (Å²) in [5.74, 6) is -1.55. The summed E-state index contributed by atoms with van der Waals surface area (Å²) in [6, 6.07) is 20.0. The Bertz CT molecular complexity index is 1220. The number of nitrogens with zero attached hydrogens (tertiary/aromatic N) is 1. The minimum absolute atomic E-state index is 0.167. The molecule has 0 aliphatic carbocycles. The van der Waals surface area contributed by atoms with Crippen LogP contribution in [-0.2, 0) is 11.2 Å². The molecule has 0 radical (unpaired) electrons. The first-order valence-electron chi connectivity index (χ1n) is 10.3. The number of hydrogen-bond acceptors (Lipinski definition) is 4. The van der Waals surface area contributed by atoms with Crippen LogP contribution < -0.4 is 0 Å². The van der Waals surface area contributed by atoms with Gasteiger partial charge < -0.3 is 9.52 Å². The molecule has 1 N–H and O–H groups in total. The number of halogens is 1. The molecule has 1 heterocycles. The highest BCUT2D eigenvalue weighted by atomic mass is 35.5. The largest absolute Gasteiger partial charge is 0.481 e. The fraction of sp³-hybridized carbons (Fsp3) is 0.240.